The second kappa shape index (κ2) is 7.84. The van der Waals surface area contributed by atoms with Gasteiger partial charge >= 0.3 is 0 Å². The Morgan fingerprint density at radius 2 is 2.32 bits per heavy atom. The van der Waals surface area contributed by atoms with Crippen LogP contribution in [-0.4, -0.2) is 49.3 Å². The molecule has 4 nitrogen and oxygen atoms in total. The number of hydrogen-bond donors (Lipinski definition) is 1. The standard InChI is InChI=1S/C15H29N3O/c1-5-8-17-15(3,12-16)10-13(2)18(4)11-14-7-6-9-19-14/h13-14,17H,5-11H2,1-4H3. The zero-order valence-electron chi connectivity index (χ0n) is 12.9. The van der Waals surface area contributed by atoms with Crippen LogP contribution in [0.25, 0.3) is 0 Å². The van der Waals surface area contributed by atoms with E-state index in [2.05, 4.69) is 37.2 Å². The fourth-order valence-corrected chi connectivity index (χ4v) is 2.59. The van der Waals surface area contributed by atoms with E-state index < -0.39 is 5.54 Å². The average molecular weight is 267 g/mol. The molecule has 1 heterocycles. The van der Waals surface area contributed by atoms with Gasteiger partial charge in [-0.3, -0.25) is 5.32 Å². The second-order valence-electron chi connectivity index (χ2n) is 6.00. The molecule has 0 aromatic carbocycles. The van der Waals surface area contributed by atoms with Gasteiger partial charge in [0.05, 0.1) is 12.2 Å². The van der Waals surface area contributed by atoms with Gasteiger partial charge in [-0.2, -0.15) is 5.26 Å². The molecule has 1 aliphatic rings. The van der Waals surface area contributed by atoms with E-state index in [1.54, 1.807) is 0 Å². The van der Waals surface area contributed by atoms with Crippen LogP contribution >= 0.6 is 0 Å². The molecule has 0 spiro atoms. The van der Waals surface area contributed by atoms with Gasteiger partial charge in [0.25, 0.3) is 0 Å². The summed E-state index contributed by atoms with van der Waals surface area (Å²) in [6.45, 7) is 9.08. The van der Waals surface area contributed by atoms with Crippen LogP contribution in [0.2, 0.25) is 0 Å². The average Bonchev–Trinajstić information content (AvgIpc) is 2.89. The van der Waals surface area contributed by atoms with E-state index in [9.17, 15) is 5.26 Å². The Balaban J connectivity index is 2.42. The van der Waals surface area contributed by atoms with Gasteiger partial charge in [0.1, 0.15) is 5.54 Å². The highest BCUT2D eigenvalue weighted by Gasteiger charge is 2.28. The Morgan fingerprint density at radius 3 is 2.84 bits per heavy atom. The van der Waals surface area contributed by atoms with Gasteiger partial charge < -0.3 is 9.64 Å². The van der Waals surface area contributed by atoms with Crippen molar-refractivity contribution in [1.29, 1.82) is 5.26 Å². The molecule has 19 heavy (non-hydrogen) atoms. The third-order valence-electron chi connectivity index (χ3n) is 3.98. The van der Waals surface area contributed by atoms with Crippen molar-refractivity contribution >= 4 is 0 Å². The van der Waals surface area contributed by atoms with E-state index >= 15 is 0 Å². The molecule has 3 atom stereocenters. The summed E-state index contributed by atoms with van der Waals surface area (Å²) in [7, 11) is 2.13. The van der Waals surface area contributed by atoms with E-state index in [0.29, 0.717) is 12.1 Å². The Morgan fingerprint density at radius 1 is 1.58 bits per heavy atom. The molecular formula is C15H29N3O. The zero-order valence-corrected chi connectivity index (χ0v) is 12.9. The summed E-state index contributed by atoms with van der Waals surface area (Å²) in [5.74, 6) is 0. The minimum atomic E-state index is -0.430. The first kappa shape index (κ1) is 16.4. The zero-order chi connectivity index (χ0) is 14.3. The van der Waals surface area contributed by atoms with Crippen molar-refractivity contribution in [2.75, 3.05) is 26.7 Å². The quantitative estimate of drug-likeness (QED) is 0.732. The van der Waals surface area contributed by atoms with Gasteiger partial charge in [-0.25, -0.2) is 0 Å². The molecule has 0 amide bonds. The lowest BCUT2D eigenvalue weighted by molar-refractivity contribution is 0.0661. The van der Waals surface area contributed by atoms with E-state index in [1.807, 2.05) is 6.92 Å². The normalized spacial score (nSPS) is 24.1. The number of nitriles is 1. The van der Waals surface area contributed by atoms with E-state index in [-0.39, 0.29) is 0 Å². The molecule has 1 N–H and O–H groups in total. The molecule has 0 aromatic rings. The molecule has 0 radical (unpaired) electrons. The molecule has 1 rings (SSSR count). The van der Waals surface area contributed by atoms with Crippen LogP contribution in [0, 0.1) is 11.3 Å². The molecule has 1 aliphatic heterocycles. The first-order valence-corrected chi connectivity index (χ1v) is 7.49. The summed E-state index contributed by atoms with van der Waals surface area (Å²) in [6.07, 6.45) is 4.62. The Labute approximate surface area is 118 Å². The van der Waals surface area contributed by atoms with Crippen LogP contribution in [-0.2, 0) is 4.74 Å². The van der Waals surface area contributed by atoms with Gasteiger partial charge in [0, 0.05) is 19.2 Å². The lowest BCUT2D eigenvalue weighted by atomic mass is 9.94. The van der Waals surface area contributed by atoms with Crippen LogP contribution in [0.15, 0.2) is 0 Å². The summed E-state index contributed by atoms with van der Waals surface area (Å²) in [4.78, 5) is 2.32. The molecule has 1 saturated heterocycles. The SMILES string of the molecule is CCCNC(C)(C#N)CC(C)N(C)CC1CCCO1. The fourth-order valence-electron chi connectivity index (χ4n) is 2.59. The number of rotatable bonds is 8. The van der Waals surface area contributed by atoms with Crippen molar-refractivity contribution in [3.05, 3.63) is 0 Å². The second-order valence-corrected chi connectivity index (χ2v) is 6.00. The van der Waals surface area contributed by atoms with Gasteiger partial charge in [-0.1, -0.05) is 6.92 Å². The molecule has 110 valence electrons. The molecule has 1 fully saturated rings. The summed E-state index contributed by atoms with van der Waals surface area (Å²) >= 11 is 0. The minimum absolute atomic E-state index is 0.373. The lowest BCUT2D eigenvalue weighted by Crippen LogP contribution is -2.47. The summed E-state index contributed by atoms with van der Waals surface area (Å²) in [6, 6.07) is 2.80. The third kappa shape index (κ3) is 5.48. The van der Waals surface area contributed by atoms with E-state index in [1.165, 1.54) is 12.8 Å². The maximum atomic E-state index is 9.37. The number of ether oxygens (including phenoxy) is 1. The lowest BCUT2D eigenvalue weighted by Gasteiger charge is -2.33. The van der Waals surface area contributed by atoms with Crippen molar-refractivity contribution < 1.29 is 4.74 Å². The van der Waals surface area contributed by atoms with Crippen LogP contribution in [0.1, 0.15) is 46.5 Å². The molecule has 0 saturated carbocycles. The van der Waals surface area contributed by atoms with Crippen LogP contribution in [0.5, 0.6) is 0 Å². The Hall–Kier alpha value is -0.630. The molecule has 0 bridgehead atoms. The number of nitrogens with zero attached hydrogens (tertiary/aromatic N) is 2. The van der Waals surface area contributed by atoms with Crippen LogP contribution in [0.4, 0.5) is 0 Å². The topological polar surface area (TPSA) is 48.3 Å². The fraction of sp³-hybridized carbons (Fsp3) is 0.933. The highest BCUT2D eigenvalue weighted by molar-refractivity contribution is 5.05. The van der Waals surface area contributed by atoms with Crippen molar-refractivity contribution in [1.82, 2.24) is 10.2 Å². The van der Waals surface area contributed by atoms with E-state index in [0.717, 1.165) is 32.5 Å². The maximum absolute atomic E-state index is 9.37. The van der Waals surface area contributed by atoms with Crippen LogP contribution < -0.4 is 5.32 Å². The molecule has 4 heteroatoms. The number of likely N-dealkylation sites (N-methyl/N-ethyl adjacent to an activating group) is 1. The molecule has 0 aromatic heterocycles. The highest BCUT2D eigenvalue weighted by Crippen LogP contribution is 2.18. The Bertz CT molecular complexity index is 296. The number of nitrogens with one attached hydrogen (secondary N) is 1. The van der Waals surface area contributed by atoms with Gasteiger partial charge in [-0.15, -0.1) is 0 Å². The monoisotopic (exact) mass is 267 g/mol. The maximum Gasteiger partial charge on any atom is 0.105 e. The van der Waals surface area contributed by atoms with Crippen molar-refractivity contribution in [2.24, 2.45) is 0 Å². The van der Waals surface area contributed by atoms with Crippen molar-refractivity contribution in [3.63, 3.8) is 0 Å². The predicted molar refractivity (Wildman–Crippen MR) is 78.0 cm³/mol. The molecule has 0 aliphatic carbocycles. The van der Waals surface area contributed by atoms with Crippen molar-refractivity contribution in [3.8, 4) is 6.07 Å². The summed E-state index contributed by atoms with van der Waals surface area (Å²) < 4.78 is 5.67. The molecular weight excluding hydrogens is 238 g/mol. The smallest absolute Gasteiger partial charge is 0.105 e. The largest absolute Gasteiger partial charge is 0.377 e. The van der Waals surface area contributed by atoms with E-state index in [4.69, 9.17) is 4.74 Å². The van der Waals surface area contributed by atoms with Gasteiger partial charge in [0.15, 0.2) is 0 Å². The van der Waals surface area contributed by atoms with Crippen molar-refractivity contribution in [2.45, 2.75) is 64.1 Å². The first-order chi connectivity index (χ1) is 9.00. The van der Waals surface area contributed by atoms with Gasteiger partial charge in [0.2, 0.25) is 0 Å². The molecule has 3 unspecified atom stereocenters. The number of hydrogen-bond acceptors (Lipinski definition) is 4. The predicted octanol–water partition coefficient (Wildman–Crippen LogP) is 2.16. The van der Waals surface area contributed by atoms with Gasteiger partial charge in [-0.05, 0) is 53.1 Å². The highest BCUT2D eigenvalue weighted by atomic mass is 16.5. The summed E-state index contributed by atoms with van der Waals surface area (Å²) in [5, 5.41) is 12.7. The Kier molecular flexibility index (Phi) is 6.78. The summed E-state index contributed by atoms with van der Waals surface area (Å²) in [5.41, 5.74) is -0.430. The minimum Gasteiger partial charge on any atom is -0.377 e. The first-order valence-electron chi connectivity index (χ1n) is 7.49. The van der Waals surface area contributed by atoms with Crippen LogP contribution in [0.3, 0.4) is 0 Å². The third-order valence-corrected chi connectivity index (χ3v) is 3.98.